The van der Waals surface area contributed by atoms with Gasteiger partial charge in [0.2, 0.25) is 0 Å². The summed E-state index contributed by atoms with van der Waals surface area (Å²) in [6.07, 6.45) is 0. The van der Waals surface area contributed by atoms with Gasteiger partial charge in [0.15, 0.2) is 0 Å². The Balaban J connectivity index is -0.0000000607. The summed E-state index contributed by atoms with van der Waals surface area (Å²) in [4.78, 5) is 108. The molecule has 0 aromatic carbocycles. The molecular weight excluding hydrogens is 824 g/mol. The van der Waals surface area contributed by atoms with Crippen LogP contribution in [0, 0.1) is 0 Å². The first-order valence-corrected chi connectivity index (χ1v) is 16.5. The molecule has 0 rings (SSSR count). The maximum absolute atomic E-state index is 9.75. The molecule has 0 heterocycles. The van der Waals surface area contributed by atoms with E-state index in [9.17, 15) is 86.1 Å². The second-order valence-electron chi connectivity index (χ2n) is 4.17. The first-order chi connectivity index (χ1) is 12.5. The largest absolute Gasteiger partial charge is 3.00 e. The van der Waals surface area contributed by atoms with Crippen LogP contribution in [0.25, 0.3) is 0 Å². The van der Waals surface area contributed by atoms with E-state index in [0.717, 1.165) is 0 Å². The van der Waals surface area contributed by atoms with E-state index in [-0.39, 0.29) is 69.4 Å². The minimum Gasteiger partial charge on any atom is -0.809 e. The van der Waals surface area contributed by atoms with Gasteiger partial charge in [-0.15, -0.1) is 34.8 Å². The van der Waals surface area contributed by atoms with Crippen molar-refractivity contribution in [2.45, 2.75) is 14.6 Å². The predicted molar refractivity (Wildman–Crippen MR) is 74.6 cm³/mol. The van der Waals surface area contributed by atoms with Gasteiger partial charge >= 0.3 is 69.4 Å². The van der Waals surface area contributed by atoms with Crippen LogP contribution in [0.3, 0.4) is 0 Å². The second kappa shape index (κ2) is 19.9. The summed E-state index contributed by atoms with van der Waals surface area (Å²) in [7, 11) is -33.0. The third-order valence-electron chi connectivity index (χ3n) is 1.57. The predicted octanol–water partition coefficient (Wildman–Crippen LogP) is -8.00. The second-order valence-corrected chi connectivity index (χ2v) is 18.1. The van der Waals surface area contributed by atoms with Crippen LogP contribution in [-0.2, 0) is 96.8 Å². The van der Waals surface area contributed by atoms with Crippen LogP contribution < -0.4 is 58.7 Å². The van der Waals surface area contributed by atoms with E-state index in [2.05, 4.69) is 34.8 Å². The van der Waals surface area contributed by atoms with Gasteiger partial charge in [-0.3, -0.25) is 0 Å². The number of hydrogen-bond donors (Lipinski definition) is 0. The average molecular weight is 827 g/mol. The first kappa shape index (κ1) is 54.0. The smallest absolute Gasteiger partial charge is 0.809 e. The summed E-state index contributed by atoms with van der Waals surface area (Å²) >= 11 is 13.4. The Kier molecular flexibility index (Phi) is 31.6. The topological polar surface area (TPSA) is 379 Å². The normalized spacial score (nSPS) is 12.5. The zero-order valence-electron chi connectivity index (χ0n) is 14.5. The molecule has 34 heavy (non-hydrogen) atoms. The number of alkyl halides is 3. The Hall–Kier alpha value is 3.90. The van der Waals surface area contributed by atoms with E-state index in [1.54, 1.807) is 0 Å². The molecule has 0 fully saturated rings. The quantitative estimate of drug-likeness (QED) is 0.177. The van der Waals surface area contributed by atoms with Crippen LogP contribution in [0.15, 0.2) is 0 Å². The molecule has 0 bridgehead atoms. The van der Waals surface area contributed by atoms with Crippen LogP contribution in [0.4, 0.5) is 0 Å². The Labute approximate surface area is 248 Å². The molecule has 198 valence electrons. The van der Waals surface area contributed by atoms with Crippen molar-refractivity contribution in [3.8, 4) is 0 Å². The van der Waals surface area contributed by atoms with Gasteiger partial charge in [0.25, 0.3) is 0 Å². The Morgan fingerprint density at radius 3 is 0.382 bits per heavy atom. The Morgan fingerprint density at radius 1 is 0.324 bits per heavy atom. The summed E-state index contributed by atoms with van der Waals surface area (Å²) in [6, 6.07) is 0. The summed E-state index contributed by atoms with van der Waals surface area (Å²) in [6.45, 7) is 0. The minimum atomic E-state index is -5.50. The van der Waals surface area contributed by atoms with Crippen molar-refractivity contribution in [3.63, 3.8) is 0 Å². The fourth-order valence-corrected chi connectivity index (χ4v) is 4.68. The summed E-state index contributed by atoms with van der Waals surface area (Å²) in [5.74, 6) is 0. The fourth-order valence-electron chi connectivity index (χ4n) is 0.520. The van der Waals surface area contributed by atoms with Gasteiger partial charge in [-0.05, 0) is 45.6 Å². The van der Waals surface area contributed by atoms with Crippen molar-refractivity contribution in [2.75, 3.05) is 0 Å². The summed E-state index contributed by atoms with van der Waals surface area (Å²) in [5.41, 5.74) is 0. The zero-order chi connectivity index (χ0) is 25.7. The molecule has 0 atom stereocenters. The molecule has 4 radical (unpaired) electrons. The molecule has 0 saturated heterocycles. The third kappa shape index (κ3) is 27.5. The molecule has 0 aromatic rings. The molecule has 31 heteroatoms. The van der Waals surface area contributed by atoms with E-state index < -0.39 is 60.2 Å². The van der Waals surface area contributed by atoms with Gasteiger partial charge in [0.1, 0.15) is 0 Å². The van der Waals surface area contributed by atoms with E-state index in [1.807, 2.05) is 0 Å². The Morgan fingerprint density at radius 2 is 0.382 bits per heavy atom. The van der Waals surface area contributed by atoms with Crippen LogP contribution >= 0.6 is 80.4 Å². The van der Waals surface area contributed by atoms with Crippen molar-refractivity contribution >= 4 is 80.4 Å². The van der Waals surface area contributed by atoms with Gasteiger partial charge in [0, 0.05) is 0 Å². The molecule has 0 aliphatic carbocycles. The third-order valence-corrected chi connectivity index (χ3v) is 14.1. The molecule has 0 aliphatic heterocycles. The summed E-state index contributed by atoms with van der Waals surface area (Å²) in [5, 5.41) is 0. The van der Waals surface area contributed by atoms with Crippen molar-refractivity contribution in [1.29, 1.82) is 0 Å². The van der Waals surface area contributed by atoms with E-state index in [4.69, 9.17) is 0 Å². The fraction of sp³-hybridized carbons (Fsp3) is 1.00. The van der Waals surface area contributed by atoms with Gasteiger partial charge in [-0.25, -0.2) is 0 Å². The van der Waals surface area contributed by atoms with Crippen molar-refractivity contribution in [2.24, 2.45) is 0 Å². The zero-order valence-corrected chi connectivity index (χ0v) is 27.3. The molecule has 18 nitrogen and oxygen atoms in total. The van der Waals surface area contributed by atoms with E-state index >= 15 is 0 Å². The molecule has 0 N–H and O–H groups in total. The monoisotopic (exact) mass is 825 g/mol. The van der Waals surface area contributed by atoms with E-state index in [1.165, 1.54) is 0 Å². The molecule has 0 spiro atoms. The minimum absolute atomic E-state index is 0. The number of hydrogen-bond acceptors (Lipinski definition) is 18. The van der Waals surface area contributed by atoms with Crippen LogP contribution in [0.2, 0.25) is 0 Å². The molecule has 0 aromatic heterocycles. The Bertz CT molecular complexity index is 661. The van der Waals surface area contributed by atoms with Crippen LogP contribution in [0.1, 0.15) is 0 Å². The van der Waals surface area contributed by atoms with Crippen LogP contribution in [-0.4, -0.2) is 14.6 Å². The van der Waals surface area contributed by atoms with Gasteiger partial charge in [-0.2, -0.15) is 0 Å². The van der Waals surface area contributed by atoms with Gasteiger partial charge < -0.3 is 86.1 Å². The SMILES string of the molecule is O=P([O-])([O-])C(Cl)P(=O)([O-])[O-].O=P([O-])([O-])C(Cl)P(=O)([O-])[O-].O=P([O-])([O-])C(Cl)P(=O)([O-])[O-].[Cr+3].[Cr+3].[Cr+3].[Cr+3]. The molecule has 0 aliphatic rings. The average Bonchev–Trinajstić information content (AvgIpc) is 2.40. The molecular formula is C3H3Cl3Cr4O18P6. The van der Waals surface area contributed by atoms with Crippen molar-refractivity contribution in [1.82, 2.24) is 0 Å². The standard InChI is InChI=1S/3CH5ClO6P2.4Cr/c3*2-1(9(3,4)5)10(6,7)8;;;;/h3*1H,(H2,3,4,5)(H2,6,7,8);;;;/q;;;4*+3/p-12. The van der Waals surface area contributed by atoms with Crippen LogP contribution in [0.5, 0.6) is 0 Å². The maximum atomic E-state index is 9.75. The van der Waals surface area contributed by atoms with Gasteiger partial charge in [-0.1, -0.05) is 0 Å². The maximum Gasteiger partial charge on any atom is 3.00 e. The molecule has 0 amide bonds. The number of rotatable bonds is 6. The van der Waals surface area contributed by atoms with Crippen molar-refractivity contribution < 1.29 is 156 Å². The van der Waals surface area contributed by atoms with Gasteiger partial charge in [0.05, 0.1) is 14.6 Å². The first-order valence-electron chi connectivity index (χ1n) is 5.49. The molecule has 0 saturated carbocycles. The number of halogens is 3. The van der Waals surface area contributed by atoms with E-state index in [0.29, 0.717) is 0 Å². The summed E-state index contributed by atoms with van der Waals surface area (Å²) < 4.78 is 58.5. The molecule has 0 unspecified atom stereocenters. The van der Waals surface area contributed by atoms with Crippen molar-refractivity contribution in [3.05, 3.63) is 0 Å².